The molecule has 0 saturated carbocycles. The van der Waals surface area contributed by atoms with Gasteiger partial charge in [0.1, 0.15) is 0 Å². The molecule has 0 aromatic heterocycles. The molecule has 2 saturated heterocycles. The number of nitriles is 1. The fourth-order valence-corrected chi connectivity index (χ4v) is 2.40. The molecule has 1 amide bonds. The first-order chi connectivity index (χ1) is 8.22. The van der Waals surface area contributed by atoms with Crippen molar-refractivity contribution < 1.29 is 9.53 Å². The van der Waals surface area contributed by atoms with Gasteiger partial charge >= 0.3 is 0 Å². The average molecular weight is 237 g/mol. The van der Waals surface area contributed by atoms with Gasteiger partial charge in [-0.3, -0.25) is 9.69 Å². The lowest BCUT2D eigenvalue weighted by Crippen LogP contribution is -2.52. The lowest BCUT2D eigenvalue weighted by Gasteiger charge is -2.36. The molecule has 0 bridgehead atoms. The largest absolute Gasteiger partial charge is 0.381 e. The summed E-state index contributed by atoms with van der Waals surface area (Å²) in [4.78, 5) is 16.1. The second kappa shape index (κ2) is 5.48. The fraction of sp³-hybridized carbons (Fsp3) is 0.833. The van der Waals surface area contributed by atoms with E-state index in [-0.39, 0.29) is 17.9 Å². The number of amides is 1. The normalized spacial score (nSPS) is 27.8. The zero-order valence-corrected chi connectivity index (χ0v) is 10.3. The third-order valence-electron chi connectivity index (χ3n) is 3.64. The second-order valence-corrected chi connectivity index (χ2v) is 4.73. The summed E-state index contributed by atoms with van der Waals surface area (Å²) in [5.74, 6) is 0.293. The van der Waals surface area contributed by atoms with E-state index in [1.807, 2.05) is 11.8 Å². The van der Waals surface area contributed by atoms with Crippen molar-refractivity contribution in [3.05, 3.63) is 0 Å². The molecule has 0 aromatic carbocycles. The van der Waals surface area contributed by atoms with Crippen LogP contribution in [0.3, 0.4) is 0 Å². The van der Waals surface area contributed by atoms with Gasteiger partial charge in [-0.05, 0) is 13.3 Å². The molecule has 2 unspecified atom stereocenters. The lowest BCUT2D eigenvalue weighted by molar-refractivity contribution is -0.137. The van der Waals surface area contributed by atoms with Gasteiger partial charge in [0.05, 0.1) is 24.6 Å². The number of hydrogen-bond donors (Lipinski definition) is 0. The Kier molecular flexibility index (Phi) is 3.97. The minimum Gasteiger partial charge on any atom is -0.381 e. The topological polar surface area (TPSA) is 56.6 Å². The highest BCUT2D eigenvalue weighted by Gasteiger charge is 2.30. The maximum atomic E-state index is 12.1. The summed E-state index contributed by atoms with van der Waals surface area (Å²) >= 11 is 0. The monoisotopic (exact) mass is 237 g/mol. The van der Waals surface area contributed by atoms with E-state index in [2.05, 4.69) is 11.0 Å². The van der Waals surface area contributed by atoms with Gasteiger partial charge < -0.3 is 9.64 Å². The number of rotatable bonds is 2. The van der Waals surface area contributed by atoms with E-state index in [1.165, 1.54) is 0 Å². The van der Waals surface area contributed by atoms with Crippen LogP contribution in [0, 0.1) is 17.2 Å². The summed E-state index contributed by atoms with van der Waals surface area (Å²) in [6.45, 7) is 6.27. The highest BCUT2D eigenvalue weighted by molar-refractivity contribution is 5.79. The van der Waals surface area contributed by atoms with Crippen molar-refractivity contribution in [1.29, 1.82) is 5.26 Å². The zero-order valence-electron chi connectivity index (χ0n) is 10.3. The Hall–Kier alpha value is -1.12. The van der Waals surface area contributed by atoms with E-state index < -0.39 is 0 Å². The maximum Gasteiger partial charge on any atom is 0.228 e. The molecular weight excluding hydrogens is 218 g/mol. The van der Waals surface area contributed by atoms with Gasteiger partial charge in [-0.15, -0.1) is 0 Å². The Balaban J connectivity index is 1.82. The predicted molar refractivity (Wildman–Crippen MR) is 62.2 cm³/mol. The molecule has 5 nitrogen and oxygen atoms in total. The lowest BCUT2D eigenvalue weighted by atomic mass is 10.1. The summed E-state index contributed by atoms with van der Waals surface area (Å²) in [5.41, 5.74) is 0. The quantitative estimate of drug-likeness (QED) is 0.682. The summed E-state index contributed by atoms with van der Waals surface area (Å²) in [5, 5.41) is 8.85. The van der Waals surface area contributed by atoms with E-state index in [9.17, 15) is 4.79 Å². The van der Waals surface area contributed by atoms with Crippen LogP contribution in [0.25, 0.3) is 0 Å². The molecule has 2 aliphatic heterocycles. The number of piperazine rings is 1. The van der Waals surface area contributed by atoms with Crippen LogP contribution in [0.2, 0.25) is 0 Å². The molecule has 0 radical (unpaired) electrons. The Morgan fingerprint density at radius 3 is 2.65 bits per heavy atom. The van der Waals surface area contributed by atoms with Crippen LogP contribution in [0.1, 0.15) is 13.3 Å². The van der Waals surface area contributed by atoms with Crippen molar-refractivity contribution >= 4 is 5.91 Å². The molecule has 0 aliphatic carbocycles. The van der Waals surface area contributed by atoms with Crippen LogP contribution >= 0.6 is 0 Å². The molecule has 0 spiro atoms. The van der Waals surface area contributed by atoms with Crippen molar-refractivity contribution in [3.63, 3.8) is 0 Å². The number of carbonyl (C=O) groups excluding carboxylic acids is 1. The molecule has 2 atom stereocenters. The highest BCUT2D eigenvalue weighted by atomic mass is 16.5. The van der Waals surface area contributed by atoms with Gasteiger partial charge in [-0.1, -0.05) is 0 Å². The predicted octanol–water partition coefficient (Wildman–Crippen LogP) is 0.0792. The van der Waals surface area contributed by atoms with E-state index >= 15 is 0 Å². The summed E-state index contributed by atoms with van der Waals surface area (Å²) in [6.07, 6.45) is 0.855. The zero-order chi connectivity index (χ0) is 12.3. The van der Waals surface area contributed by atoms with Crippen LogP contribution in [0.15, 0.2) is 0 Å². The number of carbonyl (C=O) groups is 1. The molecule has 2 heterocycles. The van der Waals surface area contributed by atoms with Crippen LogP contribution in [0.5, 0.6) is 0 Å². The maximum absolute atomic E-state index is 12.1. The molecule has 2 fully saturated rings. The van der Waals surface area contributed by atoms with Gasteiger partial charge in [0.15, 0.2) is 0 Å². The first-order valence-electron chi connectivity index (χ1n) is 6.22. The molecule has 2 aliphatic rings. The van der Waals surface area contributed by atoms with E-state index in [4.69, 9.17) is 10.00 Å². The van der Waals surface area contributed by atoms with Gasteiger partial charge in [0, 0.05) is 32.8 Å². The van der Waals surface area contributed by atoms with Crippen molar-refractivity contribution in [2.75, 3.05) is 39.4 Å². The van der Waals surface area contributed by atoms with Crippen molar-refractivity contribution in [3.8, 4) is 6.07 Å². The first-order valence-corrected chi connectivity index (χ1v) is 6.22. The minimum absolute atomic E-state index is 0.0536. The van der Waals surface area contributed by atoms with Gasteiger partial charge in [0.25, 0.3) is 0 Å². The second-order valence-electron chi connectivity index (χ2n) is 4.73. The molecule has 0 aromatic rings. The van der Waals surface area contributed by atoms with Gasteiger partial charge in [-0.2, -0.15) is 5.26 Å². The first kappa shape index (κ1) is 12.3. The van der Waals surface area contributed by atoms with Crippen molar-refractivity contribution in [2.45, 2.75) is 19.4 Å². The third-order valence-corrected chi connectivity index (χ3v) is 3.64. The van der Waals surface area contributed by atoms with Gasteiger partial charge in [-0.25, -0.2) is 0 Å². The third kappa shape index (κ3) is 2.76. The number of hydrogen-bond acceptors (Lipinski definition) is 4. The summed E-state index contributed by atoms with van der Waals surface area (Å²) in [7, 11) is 0. The van der Waals surface area contributed by atoms with Crippen LogP contribution < -0.4 is 0 Å². The minimum atomic E-state index is -0.0536. The molecule has 17 heavy (non-hydrogen) atoms. The van der Waals surface area contributed by atoms with Crippen LogP contribution in [-0.2, 0) is 9.53 Å². The number of nitrogens with zero attached hydrogens (tertiary/aromatic N) is 3. The SMILES string of the molecule is CC(C#N)N1CCN(C(=O)C2CCOC2)CC1. The smallest absolute Gasteiger partial charge is 0.228 e. The van der Waals surface area contributed by atoms with E-state index in [1.54, 1.807) is 0 Å². The summed E-state index contributed by atoms with van der Waals surface area (Å²) < 4.78 is 5.24. The van der Waals surface area contributed by atoms with Crippen molar-refractivity contribution in [1.82, 2.24) is 9.80 Å². The Morgan fingerprint density at radius 2 is 2.12 bits per heavy atom. The van der Waals surface area contributed by atoms with E-state index in [0.29, 0.717) is 13.2 Å². The van der Waals surface area contributed by atoms with E-state index in [0.717, 1.165) is 32.6 Å². The Bertz CT molecular complexity index is 312. The molecule has 5 heteroatoms. The van der Waals surface area contributed by atoms with Crippen LogP contribution in [-0.4, -0.2) is 61.1 Å². The molecule has 94 valence electrons. The van der Waals surface area contributed by atoms with Crippen molar-refractivity contribution in [2.24, 2.45) is 5.92 Å². The average Bonchev–Trinajstić information content (AvgIpc) is 2.91. The summed E-state index contributed by atoms with van der Waals surface area (Å²) in [6, 6.07) is 2.18. The highest BCUT2D eigenvalue weighted by Crippen LogP contribution is 2.17. The molecule has 0 N–H and O–H groups in total. The molecular formula is C12H19N3O2. The number of ether oxygens (including phenoxy) is 1. The standard InChI is InChI=1S/C12H19N3O2/c1-10(8-13)14-3-5-15(6-4-14)12(16)11-2-7-17-9-11/h10-11H,2-7,9H2,1H3. The molecule has 2 rings (SSSR count). The Morgan fingerprint density at radius 1 is 1.41 bits per heavy atom. The van der Waals surface area contributed by atoms with Crippen LogP contribution in [0.4, 0.5) is 0 Å². The fourth-order valence-electron chi connectivity index (χ4n) is 2.40. The van der Waals surface area contributed by atoms with Gasteiger partial charge in [0.2, 0.25) is 5.91 Å². The Labute approximate surface area is 102 Å².